The van der Waals surface area contributed by atoms with Crippen LogP contribution in [0.4, 0.5) is 20.2 Å². The number of nitrogens with two attached hydrogens (primary N) is 1. The molecule has 0 bridgehead atoms. The summed E-state index contributed by atoms with van der Waals surface area (Å²) in [6.07, 6.45) is 5.19. The molecule has 0 radical (unpaired) electrons. The summed E-state index contributed by atoms with van der Waals surface area (Å²) in [6, 6.07) is 6.06. The van der Waals surface area contributed by atoms with E-state index < -0.39 is 18.4 Å². The Morgan fingerprint density at radius 2 is 1.75 bits per heavy atom. The molecule has 3 N–H and O–H groups in total. The molecule has 4 heterocycles. The van der Waals surface area contributed by atoms with Gasteiger partial charge in [-0.3, -0.25) is 28.7 Å². The molecule has 2 unspecified atom stereocenters. The zero-order valence-electron chi connectivity index (χ0n) is 25.6. The third-order valence-corrected chi connectivity index (χ3v) is 10.4. The first-order valence-electron chi connectivity index (χ1n) is 15.7. The second-order valence-corrected chi connectivity index (χ2v) is 12.8. The van der Waals surface area contributed by atoms with Gasteiger partial charge < -0.3 is 15.5 Å². The van der Waals surface area contributed by atoms with Crippen LogP contribution in [0, 0.1) is 5.92 Å². The van der Waals surface area contributed by atoms with Crippen LogP contribution in [0.1, 0.15) is 82.5 Å². The number of imide groups is 1. The van der Waals surface area contributed by atoms with Crippen molar-refractivity contribution in [2.75, 3.05) is 30.8 Å². The highest BCUT2D eigenvalue weighted by molar-refractivity contribution is 6.00. The van der Waals surface area contributed by atoms with Crippen LogP contribution >= 0.6 is 0 Å². The van der Waals surface area contributed by atoms with Crippen molar-refractivity contribution in [3.63, 3.8) is 0 Å². The summed E-state index contributed by atoms with van der Waals surface area (Å²) in [5, 5.41) is 6.46. The zero-order chi connectivity index (χ0) is 31.3. The van der Waals surface area contributed by atoms with Gasteiger partial charge in [0.05, 0.1) is 28.5 Å². The minimum atomic E-state index is -2.66. The molecule has 6 rings (SSSR count). The van der Waals surface area contributed by atoms with Gasteiger partial charge in [-0.1, -0.05) is 6.07 Å². The fraction of sp³-hybridized carbons (Fsp3) is 0.613. The van der Waals surface area contributed by atoms with Gasteiger partial charge in [-0.15, -0.1) is 0 Å². The fourth-order valence-electron chi connectivity index (χ4n) is 7.71. The van der Waals surface area contributed by atoms with Crippen molar-refractivity contribution < 1.29 is 18.4 Å². The molecule has 238 valence electrons. The molecule has 44 heavy (non-hydrogen) atoms. The number of nitrogen functional groups attached to an aromatic ring is 1. The molecule has 11 nitrogen and oxygen atoms in total. The Morgan fingerprint density at radius 3 is 2.39 bits per heavy atom. The van der Waals surface area contributed by atoms with Crippen LogP contribution < -0.4 is 21.6 Å². The number of fused-ring (bicyclic) bond motifs is 1. The molecular formula is C31H42F2N8O3. The topological polar surface area (TPSA) is 123 Å². The van der Waals surface area contributed by atoms with Gasteiger partial charge in [0, 0.05) is 44.8 Å². The lowest BCUT2D eigenvalue weighted by molar-refractivity contribution is -0.135. The number of imidazole rings is 1. The van der Waals surface area contributed by atoms with Gasteiger partial charge in [-0.25, -0.2) is 13.6 Å². The number of hydrogen-bond acceptors (Lipinski definition) is 7. The smallest absolute Gasteiger partial charge is 0.329 e. The van der Waals surface area contributed by atoms with Gasteiger partial charge in [0.15, 0.2) is 5.69 Å². The Bertz CT molecular complexity index is 1600. The van der Waals surface area contributed by atoms with E-state index in [0.717, 1.165) is 62.8 Å². The Kier molecular flexibility index (Phi) is 8.25. The number of piperidine rings is 2. The largest absolute Gasteiger partial charge is 0.396 e. The van der Waals surface area contributed by atoms with Crippen molar-refractivity contribution in [2.45, 2.75) is 88.9 Å². The summed E-state index contributed by atoms with van der Waals surface area (Å²) < 4.78 is 31.1. The summed E-state index contributed by atoms with van der Waals surface area (Å²) in [6.45, 7) is 3.99. The van der Waals surface area contributed by atoms with E-state index in [9.17, 15) is 23.2 Å². The van der Waals surface area contributed by atoms with Crippen molar-refractivity contribution in [1.82, 2.24) is 29.1 Å². The van der Waals surface area contributed by atoms with Crippen LogP contribution in [0.3, 0.4) is 0 Å². The van der Waals surface area contributed by atoms with Crippen molar-refractivity contribution in [1.29, 1.82) is 0 Å². The number of aryl methyl sites for hydroxylation is 1. The first-order chi connectivity index (χ1) is 21.0. The average Bonchev–Trinajstić information content (AvgIpc) is 3.53. The molecule has 1 saturated carbocycles. The maximum atomic E-state index is 13.4. The highest BCUT2D eigenvalue weighted by Crippen LogP contribution is 2.38. The highest BCUT2D eigenvalue weighted by atomic mass is 19.3. The number of para-hydroxylation sites is 1. The van der Waals surface area contributed by atoms with E-state index in [1.165, 1.54) is 4.57 Å². The molecule has 1 aromatic carbocycles. The molecule has 2 saturated heterocycles. The predicted octanol–water partition coefficient (Wildman–Crippen LogP) is 3.75. The second-order valence-electron chi connectivity index (χ2n) is 12.8. The molecule has 0 spiro atoms. The summed E-state index contributed by atoms with van der Waals surface area (Å²) in [4.78, 5) is 42.5. The molecule has 2 aromatic heterocycles. The SMILES string of the molecule is CC([C@H]1CC[C@H](n2cc(N)c(C(F)F)n2)CC1)N(C)C1CCN(c2cccc3c2n(C)c(=O)n3C2CCC(=O)NC2=O)CC1. The van der Waals surface area contributed by atoms with E-state index in [4.69, 9.17) is 5.73 Å². The van der Waals surface area contributed by atoms with Crippen LogP contribution in [-0.2, 0) is 16.6 Å². The fourth-order valence-corrected chi connectivity index (χ4v) is 7.71. The van der Waals surface area contributed by atoms with Crippen LogP contribution in [0.15, 0.2) is 29.2 Å². The maximum Gasteiger partial charge on any atom is 0.329 e. The maximum absolute atomic E-state index is 13.4. The van der Waals surface area contributed by atoms with E-state index in [1.807, 2.05) is 18.2 Å². The van der Waals surface area contributed by atoms with Crippen LogP contribution in [-0.4, -0.2) is 67.8 Å². The molecule has 2 atom stereocenters. The number of alkyl halides is 2. The number of carbonyl (C=O) groups is 2. The first-order valence-corrected chi connectivity index (χ1v) is 15.7. The number of benzene rings is 1. The normalized spacial score (nSPS) is 24.4. The van der Waals surface area contributed by atoms with E-state index >= 15 is 0 Å². The average molecular weight is 613 g/mol. The number of aromatic nitrogens is 4. The summed E-state index contributed by atoms with van der Waals surface area (Å²) >= 11 is 0. The predicted molar refractivity (Wildman–Crippen MR) is 164 cm³/mol. The summed E-state index contributed by atoms with van der Waals surface area (Å²) in [5.74, 6) is -0.215. The van der Waals surface area contributed by atoms with Crippen molar-refractivity contribution in [2.24, 2.45) is 13.0 Å². The molecule has 2 amide bonds. The van der Waals surface area contributed by atoms with E-state index in [-0.39, 0.29) is 35.4 Å². The minimum Gasteiger partial charge on any atom is -0.396 e. The Morgan fingerprint density at radius 1 is 1.05 bits per heavy atom. The molecule has 13 heteroatoms. The number of anilines is 2. The van der Waals surface area contributed by atoms with Gasteiger partial charge in [0.1, 0.15) is 6.04 Å². The van der Waals surface area contributed by atoms with Crippen LogP contribution in [0.5, 0.6) is 0 Å². The molecule has 3 aliphatic rings. The van der Waals surface area contributed by atoms with E-state index in [2.05, 4.69) is 34.2 Å². The van der Waals surface area contributed by atoms with Crippen molar-refractivity contribution >= 4 is 34.2 Å². The van der Waals surface area contributed by atoms with Gasteiger partial charge in [-0.2, -0.15) is 5.10 Å². The lowest BCUT2D eigenvalue weighted by Crippen LogP contribution is -2.49. The van der Waals surface area contributed by atoms with Gasteiger partial charge >= 0.3 is 5.69 Å². The van der Waals surface area contributed by atoms with E-state index in [0.29, 0.717) is 29.9 Å². The Hall–Kier alpha value is -3.74. The lowest BCUT2D eigenvalue weighted by atomic mass is 9.81. The van der Waals surface area contributed by atoms with Gasteiger partial charge in [0.2, 0.25) is 11.8 Å². The summed E-state index contributed by atoms with van der Waals surface area (Å²) in [5.41, 5.74) is 7.73. The molecule has 3 aromatic rings. The number of carbonyl (C=O) groups excluding carboxylic acids is 2. The standard InChI is InChI=1S/C31H42F2N8O3/c1-18(19-7-9-21(10-8-19)40-17-22(34)27(36-40)29(32)33)37(2)20-13-15-39(16-14-20)23-5-4-6-24-28(23)38(3)31(44)41(24)25-11-12-26(42)35-30(25)43/h4-6,17-21,25,29H,7-16,34H2,1-3H3,(H,35,42,43)/t18?,19-,21-,25?. The molecule has 1 aliphatic carbocycles. The third-order valence-electron chi connectivity index (χ3n) is 10.4. The molecule has 3 fully saturated rings. The second kappa shape index (κ2) is 12.0. The van der Waals surface area contributed by atoms with Crippen LogP contribution in [0.2, 0.25) is 0 Å². The minimum absolute atomic E-state index is 0.0620. The summed E-state index contributed by atoms with van der Waals surface area (Å²) in [7, 11) is 3.96. The van der Waals surface area contributed by atoms with Gasteiger partial charge in [-0.05, 0) is 77.0 Å². The monoisotopic (exact) mass is 612 g/mol. The highest BCUT2D eigenvalue weighted by Gasteiger charge is 2.35. The lowest BCUT2D eigenvalue weighted by Gasteiger charge is -2.43. The van der Waals surface area contributed by atoms with Crippen LogP contribution in [0.25, 0.3) is 11.0 Å². The quantitative estimate of drug-likeness (QED) is 0.390. The number of rotatable bonds is 7. The van der Waals surface area contributed by atoms with Crippen molar-refractivity contribution in [3.05, 3.63) is 40.6 Å². The molecular weight excluding hydrogens is 570 g/mol. The number of halogens is 2. The Labute approximate surface area is 254 Å². The Balaban J connectivity index is 1.09. The number of hydrogen-bond donors (Lipinski definition) is 2. The van der Waals surface area contributed by atoms with E-state index in [1.54, 1.807) is 22.5 Å². The zero-order valence-corrected chi connectivity index (χ0v) is 25.6. The number of nitrogens with zero attached hydrogens (tertiary/aromatic N) is 6. The third kappa shape index (κ3) is 5.39. The molecule has 2 aliphatic heterocycles. The number of amides is 2. The first kappa shape index (κ1) is 30.3. The number of nitrogens with one attached hydrogen (secondary N) is 1. The van der Waals surface area contributed by atoms with Crippen molar-refractivity contribution in [3.8, 4) is 0 Å². The van der Waals surface area contributed by atoms with Gasteiger partial charge in [0.25, 0.3) is 6.43 Å².